The predicted octanol–water partition coefficient (Wildman–Crippen LogP) is 2.42. The summed E-state index contributed by atoms with van der Waals surface area (Å²) in [5, 5.41) is 9.35. The standard InChI is InChI=1S/C19H27NO6/c1-12(2)26-8-6-18(21)20-7-5-13-9-16(24-3)17(25-4)10-14(13)15(20)11-19(22)23/h9-10,12,15H,5-8,11H2,1-4H3,(H,22,23). The second kappa shape index (κ2) is 8.89. The number of amides is 1. The fourth-order valence-corrected chi connectivity index (χ4v) is 3.24. The van der Waals surface area contributed by atoms with Crippen molar-refractivity contribution in [2.75, 3.05) is 27.4 Å². The minimum absolute atomic E-state index is 0.0522. The zero-order chi connectivity index (χ0) is 19.3. The summed E-state index contributed by atoms with van der Waals surface area (Å²) in [4.78, 5) is 25.7. The molecule has 7 heteroatoms. The van der Waals surface area contributed by atoms with Crippen molar-refractivity contribution in [1.29, 1.82) is 0 Å². The highest BCUT2D eigenvalue weighted by Crippen LogP contribution is 2.39. The Hall–Kier alpha value is -2.28. The number of hydrogen-bond donors (Lipinski definition) is 1. The van der Waals surface area contributed by atoms with Crippen LogP contribution in [0.1, 0.15) is 43.9 Å². The van der Waals surface area contributed by atoms with Gasteiger partial charge >= 0.3 is 5.97 Å². The molecule has 0 spiro atoms. The van der Waals surface area contributed by atoms with Gasteiger partial charge in [-0.2, -0.15) is 0 Å². The van der Waals surface area contributed by atoms with Gasteiger partial charge in [-0.3, -0.25) is 9.59 Å². The van der Waals surface area contributed by atoms with Crippen molar-refractivity contribution in [1.82, 2.24) is 4.90 Å². The first-order valence-electron chi connectivity index (χ1n) is 8.75. The molecule has 1 N–H and O–H groups in total. The molecule has 0 aromatic heterocycles. The van der Waals surface area contributed by atoms with Crippen molar-refractivity contribution in [3.63, 3.8) is 0 Å². The molecule has 26 heavy (non-hydrogen) atoms. The van der Waals surface area contributed by atoms with Crippen molar-refractivity contribution in [2.45, 2.75) is 45.3 Å². The summed E-state index contributed by atoms with van der Waals surface area (Å²) in [6.07, 6.45) is 0.773. The van der Waals surface area contributed by atoms with Gasteiger partial charge in [-0.25, -0.2) is 0 Å². The minimum Gasteiger partial charge on any atom is -0.493 e. The number of nitrogens with zero attached hydrogens (tertiary/aromatic N) is 1. The maximum atomic E-state index is 12.7. The lowest BCUT2D eigenvalue weighted by Crippen LogP contribution is -2.41. The topological polar surface area (TPSA) is 85.3 Å². The molecule has 0 fully saturated rings. The normalized spacial score (nSPS) is 16.3. The van der Waals surface area contributed by atoms with Crippen molar-refractivity contribution < 1.29 is 28.9 Å². The van der Waals surface area contributed by atoms with Crippen molar-refractivity contribution in [2.24, 2.45) is 0 Å². The lowest BCUT2D eigenvalue weighted by Gasteiger charge is -2.37. The highest BCUT2D eigenvalue weighted by atomic mass is 16.5. The van der Waals surface area contributed by atoms with Crippen LogP contribution >= 0.6 is 0 Å². The molecule has 1 amide bonds. The number of methoxy groups -OCH3 is 2. The van der Waals surface area contributed by atoms with Gasteiger partial charge in [0, 0.05) is 6.54 Å². The zero-order valence-electron chi connectivity index (χ0n) is 15.8. The van der Waals surface area contributed by atoms with Crippen LogP contribution in [0.25, 0.3) is 0 Å². The summed E-state index contributed by atoms with van der Waals surface area (Å²) in [6, 6.07) is 3.13. The summed E-state index contributed by atoms with van der Waals surface area (Å²) in [7, 11) is 3.10. The zero-order valence-corrected chi connectivity index (χ0v) is 15.8. The fraction of sp³-hybridized carbons (Fsp3) is 0.579. The lowest BCUT2D eigenvalue weighted by molar-refractivity contribution is -0.141. The fourth-order valence-electron chi connectivity index (χ4n) is 3.24. The second-order valence-corrected chi connectivity index (χ2v) is 6.53. The van der Waals surface area contributed by atoms with E-state index in [4.69, 9.17) is 14.2 Å². The Bertz CT molecular complexity index is 658. The number of benzene rings is 1. The van der Waals surface area contributed by atoms with Crippen LogP contribution in [-0.2, 0) is 20.7 Å². The minimum atomic E-state index is -0.950. The number of aliphatic carboxylic acids is 1. The molecule has 1 aliphatic rings. The lowest BCUT2D eigenvalue weighted by atomic mass is 9.89. The quantitative estimate of drug-likeness (QED) is 0.761. The number of carboxylic acid groups (broad SMARTS) is 1. The van der Waals surface area contributed by atoms with E-state index in [1.165, 1.54) is 7.11 Å². The van der Waals surface area contributed by atoms with Crippen LogP contribution in [0, 0.1) is 0 Å². The van der Waals surface area contributed by atoms with Gasteiger partial charge in [0.25, 0.3) is 0 Å². The summed E-state index contributed by atoms with van der Waals surface area (Å²) >= 11 is 0. The Morgan fingerprint density at radius 1 is 1.23 bits per heavy atom. The molecule has 7 nitrogen and oxygen atoms in total. The van der Waals surface area contributed by atoms with E-state index in [2.05, 4.69) is 0 Å². The Morgan fingerprint density at radius 3 is 2.46 bits per heavy atom. The smallest absolute Gasteiger partial charge is 0.305 e. The van der Waals surface area contributed by atoms with Gasteiger partial charge in [-0.05, 0) is 43.5 Å². The molecule has 0 saturated carbocycles. The number of fused-ring (bicyclic) bond motifs is 1. The highest BCUT2D eigenvalue weighted by molar-refractivity contribution is 5.79. The van der Waals surface area contributed by atoms with E-state index in [-0.39, 0.29) is 24.9 Å². The van der Waals surface area contributed by atoms with Gasteiger partial charge in [-0.1, -0.05) is 0 Å². The molecule has 0 aliphatic carbocycles. The average molecular weight is 365 g/mol. The van der Waals surface area contributed by atoms with Crippen molar-refractivity contribution in [3.05, 3.63) is 23.3 Å². The number of ether oxygens (including phenoxy) is 3. The third-order valence-corrected chi connectivity index (χ3v) is 4.46. The number of carbonyl (C=O) groups excluding carboxylic acids is 1. The van der Waals surface area contributed by atoms with Crippen molar-refractivity contribution >= 4 is 11.9 Å². The molecule has 2 rings (SSSR count). The van der Waals surface area contributed by atoms with E-state index >= 15 is 0 Å². The molecule has 0 radical (unpaired) electrons. The van der Waals surface area contributed by atoms with Crippen LogP contribution in [0.5, 0.6) is 11.5 Å². The number of carbonyl (C=O) groups is 2. The molecule has 1 unspecified atom stereocenters. The second-order valence-electron chi connectivity index (χ2n) is 6.53. The summed E-state index contributed by atoms with van der Waals surface area (Å²) < 4.78 is 16.1. The van der Waals surface area contributed by atoms with E-state index < -0.39 is 12.0 Å². The number of carboxylic acids is 1. The molecule has 0 saturated heterocycles. The van der Waals surface area contributed by atoms with Crippen LogP contribution < -0.4 is 9.47 Å². The van der Waals surface area contributed by atoms with Gasteiger partial charge in [0.1, 0.15) is 0 Å². The van der Waals surface area contributed by atoms with Gasteiger partial charge in [0.15, 0.2) is 11.5 Å². The molecule has 1 aromatic carbocycles. The Labute approximate surface area is 153 Å². The van der Waals surface area contributed by atoms with Crippen LogP contribution in [0.15, 0.2) is 12.1 Å². The number of hydrogen-bond acceptors (Lipinski definition) is 5. The molecule has 1 heterocycles. The number of rotatable bonds is 8. The van der Waals surface area contributed by atoms with Gasteiger partial charge in [-0.15, -0.1) is 0 Å². The Kier molecular flexibility index (Phi) is 6.85. The van der Waals surface area contributed by atoms with E-state index in [0.29, 0.717) is 31.1 Å². The molecule has 0 bridgehead atoms. The van der Waals surface area contributed by atoms with Crippen LogP contribution in [0.3, 0.4) is 0 Å². The van der Waals surface area contributed by atoms with E-state index in [9.17, 15) is 14.7 Å². The maximum Gasteiger partial charge on any atom is 0.305 e. The van der Waals surface area contributed by atoms with Crippen LogP contribution in [0.4, 0.5) is 0 Å². The van der Waals surface area contributed by atoms with Crippen molar-refractivity contribution in [3.8, 4) is 11.5 Å². The van der Waals surface area contributed by atoms with E-state index in [0.717, 1.165) is 11.1 Å². The first-order chi connectivity index (χ1) is 12.4. The van der Waals surface area contributed by atoms with E-state index in [1.807, 2.05) is 19.9 Å². The highest BCUT2D eigenvalue weighted by Gasteiger charge is 2.33. The Balaban J connectivity index is 2.29. The molecular formula is C19H27NO6. The molecule has 1 aromatic rings. The molecule has 1 atom stereocenters. The third-order valence-electron chi connectivity index (χ3n) is 4.46. The van der Waals surface area contributed by atoms with Gasteiger partial charge in [0.05, 0.1) is 45.8 Å². The van der Waals surface area contributed by atoms with E-state index in [1.54, 1.807) is 18.1 Å². The first-order valence-corrected chi connectivity index (χ1v) is 8.75. The van der Waals surface area contributed by atoms with Gasteiger partial charge < -0.3 is 24.2 Å². The Morgan fingerprint density at radius 2 is 1.88 bits per heavy atom. The SMILES string of the molecule is COc1cc2c(cc1OC)C(CC(=O)O)N(C(=O)CCOC(C)C)CC2. The molecular weight excluding hydrogens is 338 g/mol. The maximum absolute atomic E-state index is 12.7. The molecule has 144 valence electrons. The largest absolute Gasteiger partial charge is 0.493 e. The average Bonchev–Trinajstić information content (AvgIpc) is 2.59. The summed E-state index contributed by atoms with van der Waals surface area (Å²) in [5.74, 6) is 0.0794. The molecule has 1 aliphatic heterocycles. The first kappa shape index (κ1) is 20.0. The van der Waals surface area contributed by atoms with Crippen LogP contribution in [0.2, 0.25) is 0 Å². The van der Waals surface area contributed by atoms with Gasteiger partial charge in [0.2, 0.25) is 5.91 Å². The van der Waals surface area contributed by atoms with Crippen LogP contribution in [-0.4, -0.2) is 55.4 Å². The predicted molar refractivity (Wildman–Crippen MR) is 95.7 cm³/mol. The summed E-state index contributed by atoms with van der Waals surface area (Å²) in [6.45, 7) is 4.62. The monoisotopic (exact) mass is 365 g/mol. The third kappa shape index (κ3) is 4.66. The summed E-state index contributed by atoms with van der Waals surface area (Å²) in [5.41, 5.74) is 1.78.